The topological polar surface area (TPSA) is 52.3 Å². The van der Waals surface area contributed by atoms with E-state index in [-0.39, 0.29) is 5.97 Å². The van der Waals surface area contributed by atoms with Crippen molar-refractivity contribution in [3.05, 3.63) is 53.6 Å². The van der Waals surface area contributed by atoms with Gasteiger partial charge in [0.1, 0.15) is 11.1 Å². The summed E-state index contributed by atoms with van der Waals surface area (Å²) in [5, 5.41) is 0. The van der Waals surface area contributed by atoms with Gasteiger partial charge in [-0.05, 0) is 58.0 Å². The first-order valence-corrected chi connectivity index (χ1v) is 7.53. The molecule has 1 aromatic heterocycles. The summed E-state index contributed by atoms with van der Waals surface area (Å²) in [5.41, 5.74) is 3.30. The molecule has 118 valence electrons. The van der Waals surface area contributed by atoms with Gasteiger partial charge in [0.05, 0.1) is 5.56 Å². The lowest BCUT2D eigenvalue weighted by Gasteiger charge is -2.19. The van der Waals surface area contributed by atoms with Crippen LogP contribution in [0.4, 0.5) is 0 Å². The number of nitrogens with zero attached hydrogens (tertiary/aromatic N) is 1. The van der Waals surface area contributed by atoms with Gasteiger partial charge in [-0.15, -0.1) is 0 Å². The molecule has 2 aromatic carbocycles. The molecule has 4 nitrogen and oxygen atoms in total. The quantitative estimate of drug-likeness (QED) is 0.640. The standard InChI is InChI=1S/C19H19NO3/c1-12-5-7-13(8-6-12)17-20-15-10-9-14(11-16(15)22-17)18(21)23-19(2,3)4/h5-11H,1-4H3. The highest BCUT2D eigenvalue weighted by Crippen LogP contribution is 2.25. The van der Waals surface area contributed by atoms with Crippen LogP contribution in [-0.4, -0.2) is 16.6 Å². The molecule has 0 bridgehead atoms. The van der Waals surface area contributed by atoms with Crippen LogP contribution in [0.15, 0.2) is 46.9 Å². The minimum absolute atomic E-state index is 0.368. The van der Waals surface area contributed by atoms with E-state index in [2.05, 4.69) is 4.98 Å². The average Bonchev–Trinajstić information content (AvgIpc) is 2.89. The predicted molar refractivity (Wildman–Crippen MR) is 89.4 cm³/mol. The van der Waals surface area contributed by atoms with E-state index in [1.165, 1.54) is 5.56 Å². The van der Waals surface area contributed by atoms with Crippen LogP contribution in [0, 0.1) is 6.92 Å². The van der Waals surface area contributed by atoms with E-state index in [0.717, 1.165) is 5.56 Å². The fourth-order valence-electron chi connectivity index (χ4n) is 2.21. The molecular formula is C19H19NO3. The molecule has 0 aliphatic rings. The summed E-state index contributed by atoms with van der Waals surface area (Å²) in [6, 6.07) is 13.1. The zero-order chi connectivity index (χ0) is 16.6. The van der Waals surface area contributed by atoms with Gasteiger partial charge in [-0.3, -0.25) is 0 Å². The van der Waals surface area contributed by atoms with Crippen LogP contribution in [0.3, 0.4) is 0 Å². The number of oxazole rings is 1. The Bertz CT molecular complexity index is 854. The van der Waals surface area contributed by atoms with Crippen LogP contribution in [0.2, 0.25) is 0 Å². The van der Waals surface area contributed by atoms with Crippen molar-refractivity contribution in [1.82, 2.24) is 4.98 Å². The second-order valence-corrected chi connectivity index (χ2v) is 6.57. The number of hydrogen-bond acceptors (Lipinski definition) is 4. The Balaban J connectivity index is 1.95. The monoisotopic (exact) mass is 309 g/mol. The van der Waals surface area contributed by atoms with Crippen molar-refractivity contribution in [1.29, 1.82) is 0 Å². The van der Waals surface area contributed by atoms with Crippen LogP contribution in [0.5, 0.6) is 0 Å². The van der Waals surface area contributed by atoms with Gasteiger partial charge in [0.15, 0.2) is 5.58 Å². The molecule has 3 aromatic rings. The maximum absolute atomic E-state index is 12.1. The van der Waals surface area contributed by atoms with Gasteiger partial charge < -0.3 is 9.15 Å². The fourth-order valence-corrected chi connectivity index (χ4v) is 2.21. The molecule has 0 atom stereocenters. The van der Waals surface area contributed by atoms with Gasteiger partial charge in [-0.2, -0.15) is 0 Å². The van der Waals surface area contributed by atoms with Gasteiger partial charge in [-0.1, -0.05) is 17.7 Å². The molecule has 0 aliphatic heterocycles. The number of hydrogen-bond donors (Lipinski definition) is 0. The summed E-state index contributed by atoms with van der Waals surface area (Å²) in [6.45, 7) is 7.55. The number of esters is 1. The second-order valence-electron chi connectivity index (χ2n) is 6.57. The van der Waals surface area contributed by atoms with Crippen molar-refractivity contribution in [2.45, 2.75) is 33.3 Å². The molecule has 0 N–H and O–H groups in total. The van der Waals surface area contributed by atoms with Gasteiger partial charge in [0, 0.05) is 5.56 Å². The Morgan fingerprint density at radius 2 is 1.78 bits per heavy atom. The Morgan fingerprint density at radius 1 is 1.09 bits per heavy atom. The van der Waals surface area contributed by atoms with Gasteiger partial charge in [-0.25, -0.2) is 9.78 Å². The highest BCUT2D eigenvalue weighted by molar-refractivity contribution is 5.93. The largest absolute Gasteiger partial charge is 0.456 e. The maximum Gasteiger partial charge on any atom is 0.338 e. The molecule has 0 unspecified atom stereocenters. The van der Waals surface area contributed by atoms with E-state index in [9.17, 15) is 4.79 Å². The highest BCUT2D eigenvalue weighted by Gasteiger charge is 2.19. The summed E-state index contributed by atoms with van der Waals surface area (Å²) in [4.78, 5) is 16.6. The summed E-state index contributed by atoms with van der Waals surface area (Å²) < 4.78 is 11.2. The van der Waals surface area contributed by atoms with E-state index in [4.69, 9.17) is 9.15 Å². The smallest absolute Gasteiger partial charge is 0.338 e. The normalized spacial score (nSPS) is 11.7. The van der Waals surface area contributed by atoms with Crippen molar-refractivity contribution >= 4 is 17.1 Å². The van der Waals surface area contributed by atoms with Crippen LogP contribution < -0.4 is 0 Å². The fraction of sp³-hybridized carbons (Fsp3) is 0.263. The Labute approximate surface area is 135 Å². The number of carbonyl (C=O) groups excluding carboxylic acids is 1. The molecule has 4 heteroatoms. The lowest BCUT2D eigenvalue weighted by atomic mass is 10.1. The minimum atomic E-state index is -0.527. The van der Waals surface area contributed by atoms with Crippen molar-refractivity contribution < 1.29 is 13.9 Å². The van der Waals surface area contributed by atoms with E-state index in [1.54, 1.807) is 18.2 Å². The number of fused-ring (bicyclic) bond motifs is 1. The first-order chi connectivity index (χ1) is 10.8. The zero-order valence-corrected chi connectivity index (χ0v) is 13.7. The molecule has 0 aliphatic carbocycles. The molecule has 0 amide bonds. The third-order valence-corrected chi connectivity index (χ3v) is 3.32. The zero-order valence-electron chi connectivity index (χ0n) is 13.7. The van der Waals surface area contributed by atoms with Gasteiger partial charge >= 0.3 is 5.97 Å². The van der Waals surface area contributed by atoms with Crippen molar-refractivity contribution in [2.24, 2.45) is 0 Å². The van der Waals surface area contributed by atoms with Crippen molar-refractivity contribution in [2.75, 3.05) is 0 Å². The molecule has 0 fully saturated rings. The summed E-state index contributed by atoms with van der Waals surface area (Å²) in [6.07, 6.45) is 0. The number of aryl methyl sites for hydroxylation is 1. The number of carbonyl (C=O) groups is 1. The molecule has 0 radical (unpaired) electrons. The average molecular weight is 309 g/mol. The van der Waals surface area contributed by atoms with E-state index < -0.39 is 5.60 Å². The molecule has 3 rings (SSSR count). The van der Waals surface area contributed by atoms with E-state index in [1.807, 2.05) is 52.0 Å². The number of benzene rings is 2. The minimum Gasteiger partial charge on any atom is -0.456 e. The summed E-state index contributed by atoms with van der Waals surface area (Å²) >= 11 is 0. The molecule has 0 saturated carbocycles. The molecular weight excluding hydrogens is 290 g/mol. The van der Waals surface area contributed by atoms with Crippen molar-refractivity contribution in [3.63, 3.8) is 0 Å². The Kier molecular flexibility index (Phi) is 3.68. The maximum atomic E-state index is 12.1. The van der Waals surface area contributed by atoms with Crippen LogP contribution in [-0.2, 0) is 4.74 Å². The summed E-state index contributed by atoms with van der Waals surface area (Å²) in [7, 11) is 0. The van der Waals surface area contributed by atoms with E-state index >= 15 is 0 Å². The second kappa shape index (κ2) is 5.54. The lowest BCUT2D eigenvalue weighted by Crippen LogP contribution is -2.23. The predicted octanol–water partition coefficient (Wildman–Crippen LogP) is 4.76. The third-order valence-electron chi connectivity index (χ3n) is 3.32. The van der Waals surface area contributed by atoms with Gasteiger partial charge in [0.2, 0.25) is 5.89 Å². The number of rotatable bonds is 2. The van der Waals surface area contributed by atoms with Crippen LogP contribution in [0.25, 0.3) is 22.6 Å². The highest BCUT2D eigenvalue weighted by atomic mass is 16.6. The van der Waals surface area contributed by atoms with Crippen LogP contribution >= 0.6 is 0 Å². The lowest BCUT2D eigenvalue weighted by molar-refractivity contribution is 0.00696. The third kappa shape index (κ3) is 3.42. The molecule has 23 heavy (non-hydrogen) atoms. The first-order valence-electron chi connectivity index (χ1n) is 7.53. The molecule has 0 saturated heterocycles. The first kappa shape index (κ1) is 15.3. The Morgan fingerprint density at radius 3 is 2.43 bits per heavy atom. The molecule has 1 heterocycles. The Hall–Kier alpha value is -2.62. The molecule has 0 spiro atoms. The number of aromatic nitrogens is 1. The van der Waals surface area contributed by atoms with Crippen LogP contribution in [0.1, 0.15) is 36.7 Å². The van der Waals surface area contributed by atoms with Gasteiger partial charge in [0.25, 0.3) is 0 Å². The van der Waals surface area contributed by atoms with E-state index in [0.29, 0.717) is 22.6 Å². The number of ether oxygens (including phenoxy) is 1. The SMILES string of the molecule is Cc1ccc(-c2nc3ccc(C(=O)OC(C)(C)C)cc3o2)cc1. The van der Waals surface area contributed by atoms with Crippen molar-refractivity contribution in [3.8, 4) is 11.5 Å². The summed E-state index contributed by atoms with van der Waals surface area (Å²) in [5.74, 6) is 0.175.